The highest BCUT2D eigenvalue weighted by atomic mass is 28.4. The van der Waals surface area contributed by atoms with Crippen molar-refractivity contribution in [1.29, 1.82) is 0 Å². The van der Waals surface area contributed by atoms with Gasteiger partial charge in [-0.1, -0.05) is 151 Å². The van der Waals surface area contributed by atoms with Crippen molar-refractivity contribution in [3.05, 3.63) is 85.5 Å². The van der Waals surface area contributed by atoms with Gasteiger partial charge in [-0.2, -0.15) is 0 Å². The maximum atomic E-state index is 6.99. The minimum atomic E-state index is -2.67. The monoisotopic (exact) mass is 482 g/mol. The normalized spacial score (nSPS) is 12.3. The first-order valence-electron chi connectivity index (χ1n) is 13.0. The summed E-state index contributed by atoms with van der Waals surface area (Å²) < 4.78 is 6.99. The van der Waals surface area contributed by atoms with E-state index in [4.69, 9.17) is 4.43 Å². The smallest absolute Gasteiger partial charge is 0.263 e. The first-order valence-corrected chi connectivity index (χ1v) is 14.9. The molecule has 0 radical (unpaired) electrons. The van der Waals surface area contributed by atoms with Gasteiger partial charge in [0.05, 0.1) is 0 Å². The third-order valence-electron chi connectivity index (χ3n) is 6.16. The molecule has 2 aromatic carbocycles. The van der Waals surface area contributed by atoms with Crippen LogP contribution in [0, 0.1) is 23.7 Å². The van der Waals surface area contributed by atoms with Crippen molar-refractivity contribution in [3.8, 4) is 23.7 Å². The van der Waals surface area contributed by atoms with Crippen LogP contribution < -0.4 is 10.4 Å². The average molecular weight is 483 g/mol. The molecule has 0 N–H and O–H groups in total. The summed E-state index contributed by atoms with van der Waals surface area (Å²) >= 11 is 0. The number of allylic oxidation sites excluding steroid dienone is 2. The van der Waals surface area contributed by atoms with Crippen molar-refractivity contribution < 1.29 is 4.43 Å². The zero-order chi connectivity index (χ0) is 25.4. The van der Waals surface area contributed by atoms with Crippen molar-refractivity contribution in [2.45, 2.75) is 83.8 Å². The summed E-state index contributed by atoms with van der Waals surface area (Å²) in [5.41, 5.74) is 0. The molecule has 1 nitrogen and oxygen atoms in total. The summed E-state index contributed by atoms with van der Waals surface area (Å²) in [6.07, 6.45) is 14.3. The zero-order valence-corrected chi connectivity index (χ0v) is 23.1. The van der Waals surface area contributed by atoms with Crippen LogP contribution in [0.15, 0.2) is 85.5 Å². The second kappa shape index (κ2) is 15.3. The molecule has 0 fully saturated rings. The quantitative estimate of drug-likeness (QED) is 0.132. The molecule has 0 bridgehead atoms. The highest BCUT2D eigenvalue weighted by molar-refractivity contribution is 6.99. The molecule has 0 aliphatic carbocycles. The fourth-order valence-corrected chi connectivity index (χ4v) is 8.90. The van der Waals surface area contributed by atoms with Crippen molar-refractivity contribution >= 4 is 18.7 Å². The molecule has 0 aliphatic heterocycles. The first kappa shape index (κ1) is 28.5. The van der Waals surface area contributed by atoms with Gasteiger partial charge < -0.3 is 4.43 Å². The van der Waals surface area contributed by atoms with Crippen LogP contribution in [-0.2, 0) is 4.43 Å². The molecule has 0 aliphatic rings. The van der Waals surface area contributed by atoms with E-state index in [1.165, 1.54) is 42.5 Å². The fraction of sp³-hybridized carbons (Fsp3) is 0.394. The Kier molecular flexibility index (Phi) is 12.4. The Balaban J connectivity index is 2.15. The second-order valence-corrected chi connectivity index (χ2v) is 14.1. The summed E-state index contributed by atoms with van der Waals surface area (Å²) in [5, 5.41) is 2.36. The van der Waals surface area contributed by atoms with Gasteiger partial charge in [-0.25, -0.2) is 0 Å². The molecule has 2 rings (SSSR count). The van der Waals surface area contributed by atoms with Gasteiger partial charge in [-0.05, 0) is 40.1 Å². The summed E-state index contributed by atoms with van der Waals surface area (Å²) in [6, 6.07) is 21.2. The maximum absolute atomic E-state index is 6.99. The molecule has 0 saturated heterocycles. The lowest BCUT2D eigenvalue weighted by Crippen LogP contribution is -2.67. The summed E-state index contributed by atoms with van der Waals surface area (Å²) in [6.45, 7) is 13.1. The van der Waals surface area contributed by atoms with Crippen LogP contribution in [-0.4, -0.2) is 14.4 Å². The van der Waals surface area contributed by atoms with E-state index in [-0.39, 0.29) is 5.04 Å². The Morgan fingerprint density at radius 1 is 0.857 bits per heavy atom. The number of unbranched alkanes of at least 4 members (excludes halogenated alkanes) is 5. The Morgan fingerprint density at radius 2 is 1.46 bits per heavy atom. The SMILES string of the molecule is C=C[C@@H](C#CC#CC/C=C\CCCCCCC)O[Si](c1ccccc1)(c1ccccc1)C(C)(C)C. The van der Waals surface area contributed by atoms with E-state index >= 15 is 0 Å². The van der Waals surface area contributed by atoms with E-state index in [2.05, 4.69) is 131 Å². The highest BCUT2D eigenvalue weighted by Gasteiger charge is 2.51. The molecular formula is C33H42OSi. The molecule has 0 unspecified atom stereocenters. The van der Waals surface area contributed by atoms with Crippen LogP contribution in [0.2, 0.25) is 5.04 Å². The molecule has 0 spiro atoms. The lowest BCUT2D eigenvalue weighted by molar-refractivity contribution is 0.285. The number of rotatable bonds is 12. The lowest BCUT2D eigenvalue weighted by atomic mass is 10.1. The minimum absolute atomic E-state index is 0.105. The average Bonchev–Trinajstić information content (AvgIpc) is 2.87. The van der Waals surface area contributed by atoms with Crippen LogP contribution in [0.1, 0.15) is 72.6 Å². The van der Waals surface area contributed by atoms with Crippen LogP contribution in [0.3, 0.4) is 0 Å². The largest absolute Gasteiger partial charge is 0.390 e. The number of benzene rings is 2. The van der Waals surface area contributed by atoms with Crippen molar-refractivity contribution in [1.82, 2.24) is 0 Å². The van der Waals surface area contributed by atoms with Gasteiger partial charge in [-0.15, -0.1) is 0 Å². The van der Waals surface area contributed by atoms with E-state index in [1.807, 2.05) is 0 Å². The fourth-order valence-electron chi connectivity index (χ4n) is 4.35. The minimum Gasteiger partial charge on any atom is -0.390 e. The van der Waals surface area contributed by atoms with E-state index < -0.39 is 14.4 Å². The summed E-state index contributed by atoms with van der Waals surface area (Å²) in [5.74, 6) is 12.4. The van der Waals surface area contributed by atoms with Gasteiger partial charge in [0.15, 0.2) is 0 Å². The number of hydrogen-bond donors (Lipinski definition) is 0. The second-order valence-electron chi connectivity index (χ2n) is 9.89. The van der Waals surface area contributed by atoms with E-state index in [0.29, 0.717) is 0 Å². The molecule has 1 atom stereocenters. The lowest BCUT2D eigenvalue weighted by Gasteiger charge is -2.44. The molecule has 0 amide bonds. The van der Waals surface area contributed by atoms with Crippen molar-refractivity contribution in [2.75, 3.05) is 0 Å². The maximum Gasteiger partial charge on any atom is 0.263 e. The Bertz CT molecular complexity index is 983. The standard InChI is InChI=1S/C33H42OSi/c1-6-8-9-10-11-12-13-14-15-16-17-20-25-30(7-2)34-35(33(3,4)5,31-26-21-18-22-27-31)32-28-23-19-24-29-32/h7,13-14,18-19,21-24,26-30H,2,6,8-12,15H2,1,3-5H3/b14-13-/t30-/m0/s1. The van der Waals surface area contributed by atoms with Crippen LogP contribution in [0.5, 0.6) is 0 Å². The Morgan fingerprint density at radius 3 is 2.00 bits per heavy atom. The van der Waals surface area contributed by atoms with Gasteiger partial charge in [-0.3, -0.25) is 0 Å². The van der Waals surface area contributed by atoms with E-state index in [1.54, 1.807) is 6.08 Å². The Hall–Kier alpha value is -2.78. The third-order valence-corrected chi connectivity index (χ3v) is 11.2. The van der Waals surface area contributed by atoms with Crippen LogP contribution in [0.25, 0.3) is 0 Å². The molecule has 0 aromatic heterocycles. The molecule has 35 heavy (non-hydrogen) atoms. The molecule has 0 saturated carbocycles. The first-order chi connectivity index (χ1) is 17.0. The highest BCUT2D eigenvalue weighted by Crippen LogP contribution is 2.37. The summed E-state index contributed by atoms with van der Waals surface area (Å²) in [7, 11) is -2.67. The van der Waals surface area contributed by atoms with Gasteiger partial charge in [0, 0.05) is 6.42 Å². The predicted octanol–water partition coefficient (Wildman–Crippen LogP) is 7.43. The molecule has 2 aromatic rings. The Labute approximate surface area is 215 Å². The van der Waals surface area contributed by atoms with Gasteiger partial charge in [0.1, 0.15) is 6.10 Å². The van der Waals surface area contributed by atoms with Gasteiger partial charge >= 0.3 is 0 Å². The van der Waals surface area contributed by atoms with Crippen molar-refractivity contribution in [2.24, 2.45) is 0 Å². The van der Waals surface area contributed by atoms with E-state index in [0.717, 1.165) is 12.8 Å². The molecule has 2 heteroatoms. The summed E-state index contributed by atoms with van der Waals surface area (Å²) in [4.78, 5) is 0. The van der Waals surface area contributed by atoms with E-state index in [9.17, 15) is 0 Å². The third kappa shape index (κ3) is 8.74. The van der Waals surface area contributed by atoms with Crippen molar-refractivity contribution in [3.63, 3.8) is 0 Å². The van der Waals surface area contributed by atoms with Crippen LogP contribution >= 0.6 is 0 Å². The topological polar surface area (TPSA) is 9.23 Å². The molecule has 184 valence electrons. The zero-order valence-electron chi connectivity index (χ0n) is 22.1. The molecular weight excluding hydrogens is 440 g/mol. The van der Waals surface area contributed by atoms with Crippen LogP contribution in [0.4, 0.5) is 0 Å². The van der Waals surface area contributed by atoms with Gasteiger partial charge in [0.2, 0.25) is 0 Å². The van der Waals surface area contributed by atoms with Gasteiger partial charge in [0.25, 0.3) is 8.32 Å². The predicted molar refractivity (Wildman–Crippen MR) is 155 cm³/mol. The number of hydrogen-bond acceptors (Lipinski definition) is 1. The molecule has 0 heterocycles.